The monoisotopic (exact) mass is 482 g/mol. The van der Waals surface area contributed by atoms with Gasteiger partial charge in [0.05, 0.1) is 0 Å². The fraction of sp³-hybridized carbons (Fsp3) is 0.917. The number of ether oxygens (including phenoxy) is 4. The molecule has 194 valence electrons. The lowest BCUT2D eigenvalue weighted by molar-refractivity contribution is -0.242. The highest BCUT2D eigenvalue weighted by Gasteiger charge is 2.60. The number of hydrogen-bond acceptors (Lipinski definition) is 6. The SMILES string of the molecule is CCCCN1C(=O)N(CCCC)[C@@H]2OC(C3O[C@@H]4[C@H](O3)N(CCCC)C(=O)N4CCCC)O[C@H]21. The number of nitrogens with zero attached hydrogens (tertiary/aromatic N) is 4. The summed E-state index contributed by atoms with van der Waals surface area (Å²) in [5, 5.41) is 0. The first kappa shape index (κ1) is 25.5. The molecule has 5 atom stereocenters. The molecule has 4 saturated heterocycles. The van der Waals surface area contributed by atoms with Crippen molar-refractivity contribution in [1.82, 2.24) is 19.6 Å². The van der Waals surface area contributed by atoms with Crippen LogP contribution in [0.25, 0.3) is 0 Å². The van der Waals surface area contributed by atoms with E-state index < -0.39 is 37.5 Å². The van der Waals surface area contributed by atoms with Crippen LogP contribution < -0.4 is 0 Å². The van der Waals surface area contributed by atoms with Crippen molar-refractivity contribution in [3.8, 4) is 0 Å². The van der Waals surface area contributed by atoms with Crippen LogP contribution in [0.5, 0.6) is 0 Å². The van der Waals surface area contributed by atoms with Gasteiger partial charge in [-0.15, -0.1) is 0 Å². The zero-order valence-corrected chi connectivity index (χ0v) is 21.2. The quantitative estimate of drug-likeness (QED) is 0.398. The summed E-state index contributed by atoms with van der Waals surface area (Å²) in [4.78, 5) is 33.2. The predicted octanol–water partition coefficient (Wildman–Crippen LogP) is 3.71. The normalized spacial score (nSPS) is 31.4. The van der Waals surface area contributed by atoms with E-state index in [1.165, 1.54) is 0 Å². The molecular formula is C24H42N4O6. The number of carbonyl (C=O) groups is 2. The van der Waals surface area contributed by atoms with Crippen LogP contribution in [0, 0.1) is 0 Å². The van der Waals surface area contributed by atoms with E-state index in [1.54, 1.807) is 19.6 Å². The molecule has 1 unspecified atom stereocenters. The molecule has 0 aromatic carbocycles. The van der Waals surface area contributed by atoms with E-state index in [0.717, 1.165) is 51.4 Å². The van der Waals surface area contributed by atoms with E-state index in [4.69, 9.17) is 18.9 Å². The third-order valence-electron chi connectivity index (χ3n) is 7.03. The van der Waals surface area contributed by atoms with Crippen LogP contribution in [0.4, 0.5) is 9.59 Å². The fourth-order valence-corrected chi connectivity index (χ4v) is 5.02. The van der Waals surface area contributed by atoms with Crippen molar-refractivity contribution in [3.05, 3.63) is 0 Å². The Hall–Kier alpha value is -1.62. The van der Waals surface area contributed by atoms with Crippen LogP contribution in [-0.2, 0) is 18.9 Å². The molecule has 4 amide bonds. The second kappa shape index (κ2) is 11.4. The van der Waals surface area contributed by atoms with Gasteiger partial charge in [0.25, 0.3) is 0 Å². The van der Waals surface area contributed by atoms with E-state index in [9.17, 15) is 9.59 Å². The summed E-state index contributed by atoms with van der Waals surface area (Å²) in [7, 11) is 0. The standard InChI is InChI=1S/C24H42N4O6/c1-5-9-13-25-17-18(26(23(25)29)14-10-6-2)32-21(31-17)22-33-19-20(34-22)28(16-12-8-4)24(30)27(19)15-11-7-3/h17-22H,5-16H2,1-4H3/t17-,18-,19-,20+,22?/m1/s1. The van der Waals surface area contributed by atoms with Gasteiger partial charge in [0.1, 0.15) is 0 Å². The molecule has 0 aromatic rings. The number of carbonyl (C=O) groups excluding carboxylic acids is 2. The summed E-state index contributed by atoms with van der Waals surface area (Å²) in [5.41, 5.74) is 0. The maximum absolute atomic E-state index is 13.0. The van der Waals surface area contributed by atoms with Crippen molar-refractivity contribution in [2.75, 3.05) is 26.2 Å². The van der Waals surface area contributed by atoms with Crippen LogP contribution in [0.1, 0.15) is 79.1 Å². The van der Waals surface area contributed by atoms with Crippen molar-refractivity contribution < 1.29 is 28.5 Å². The number of amides is 4. The Bertz CT molecular complexity index is 601. The minimum absolute atomic E-state index is 0.0254. The van der Waals surface area contributed by atoms with E-state index in [1.807, 2.05) is 0 Å². The zero-order chi connectivity index (χ0) is 24.2. The van der Waals surface area contributed by atoms with Gasteiger partial charge in [0, 0.05) is 26.2 Å². The average Bonchev–Trinajstić information content (AvgIpc) is 3.55. The molecule has 10 nitrogen and oxygen atoms in total. The predicted molar refractivity (Wildman–Crippen MR) is 124 cm³/mol. The first-order chi connectivity index (χ1) is 16.5. The Morgan fingerprint density at radius 1 is 0.500 bits per heavy atom. The number of hydrogen-bond donors (Lipinski definition) is 0. The highest BCUT2D eigenvalue weighted by atomic mass is 16.8. The summed E-state index contributed by atoms with van der Waals surface area (Å²) in [6.07, 6.45) is 4.23. The fourth-order valence-electron chi connectivity index (χ4n) is 5.02. The van der Waals surface area contributed by atoms with Gasteiger partial charge in [-0.3, -0.25) is 19.6 Å². The van der Waals surface area contributed by atoms with E-state index in [-0.39, 0.29) is 12.1 Å². The average molecular weight is 483 g/mol. The minimum atomic E-state index is -0.752. The van der Waals surface area contributed by atoms with E-state index >= 15 is 0 Å². The molecule has 4 rings (SSSR count). The number of fused-ring (bicyclic) bond motifs is 2. The highest BCUT2D eigenvalue weighted by molar-refractivity contribution is 5.78. The van der Waals surface area contributed by atoms with Gasteiger partial charge in [-0.05, 0) is 25.7 Å². The van der Waals surface area contributed by atoms with Crippen LogP contribution in [-0.4, -0.2) is 95.3 Å². The second-order valence-corrected chi connectivity index (χ2v) is 9.60. The van der Waals surface area contributed by atoms with Crippen molar-refractivity contribution in [1.29, 1.82) is 0 Å². The highest BCUT2D eigenvalue weighted by Crippen LogP contribution is 2.40. The second-order valence-electron chi connectivity index (χ2n) is 9.60. The van der Waals surface area contributed by atoms with Crippen molar-refractivity contribution in [3.63, 3.8) is 0 Å². The smallest absolute Gasteiger partial charge is 0.319 e. The number of rotatable bonds is 13. The molecule has 0 N–H and O–H groups in total. The molecule has 4 aliphatic heterocycles. The molecule has 0 saturated carbocycles. The van der Waals surface area contributed by atoms with Crippen LogP contribution in [0.15, 0.2) is 0 Å². The van der Waals surface area contributed by atoms with Gasteiger partial charge in [0.15, 0.2) is 24.9 Å². The maximum atomic E-state index is 13.0. The molecule has 4 fully saturated rings. The molecule has 4 aliphatic rings. The summed E-state index contributed by atoms with van der Waals surface area (Å²) in [5.74, 6) is 0. The zero-order valence-electron chi connectivity index (χ0n) is 21.2. The summed E-state index contributed by atoms with van der Waals surface area (Å²) >= 11 is 0. The van der Waals surface area contributed by atoms with E-state index in [0.29, 0.717) is 26.2 Å². The Labute approximate surface area is 203 Å². The van der Waals surface area contributed by atoms with Crippen LogP contribution in [0.2, 0.25) is 0 Å². The molecule has 4 heterocycles. The third-order valence-corrected chi connectivity index (χ3v) is 7.03. The van der Waals surface area contributed by atoms with Crippen molar-refractivity contribution in [2.45, 2.75) is 117 Å². The lowest BCUT2D eigenvalue weighted by atomic mass is 10.3. The Kier molecular flexibility index (Phi) is 8.55. The van der Waals surface area contributed by atoms with Gasteiger partial charge in [-0.25, -0.2) is 9.59 Å². The van der Waals surface area contributed by atoms with Crippen LogP contribution >= 0.6 is 0 Å². The van der Waals surface area contributed by atoms with Crippen molar-refractivity contribution >= 4 is 12.1 Å². The van der Waals surface area contributed by atoms with Crippen LogP contribution in [0.3, 0.4) is 0 Å². The number of unbranched alkanes of at least 4 members (excludes halogenated alkanes) is 4. The Balaban J connectivity index is 1.46. The van der Waals surface area contributed by atoms with Gasteiger partial charge in [-0.1, -0.05) is 53.4 Å². The largest absolute Gasteiger partial charge is 0.324 e. The molecule has 0 bridgehead atoms. The molecule has 0 aromatic heterocycles. The Morgan fingerprint density at radius 3 is 0.941 bits per heavy atom. The first-order valence-electron chi connectivity index (χ1n) is 13.3. The van der Waals surface area contributed by atoms with Crippen molar-refractivity contribution in [2.24, 2.45) is 0 Å². The molecule has 0 aliphatic carbocycles. The molecular weight excluding hydrogens is 440 g/mol. The maximum Gasteiger partial charge on any atom is 0.324 e. The number of urea groups is 2. The van der Waals surface area contributed by atoms with Gasteiger partial charge in [0.2, 0.25) is 12.6 Å². The van der Waals surface area contributed by atoms with Gasteiger partial charge in [-0.2, -0.15) is 0 Å². The Morgan fingerprint density at radius 2 is 0.735 bits per heavy atom. The summed E-state index contributed by atoms with van der Waals surface area (Å²) < 4.78 is 25.0. The summed E-state index contributed by atoms with van der Waals surface area (Å²) in [6.45, 7) is 11.0. The topological polar surface area (TPSA) is 84.0 Å². The minimum Gasteiger partial charge on any atom is -0.319 e. The van der Waals surface area contributed by atoms with Gasteiger partial charge >= 0.3 is 12.1 Å². The summed E-state index contributed by atoms with van der Waals surface area (Å²) in [6, 6.07) is -0.0508. The molecule has 34 heavy (non-hydrogen) atoms. The first-order valence-corrected chi connectivity index (χ1v) is 13.3. The van der Waals surface area contributed by atoms with Gasteiger partial charge < -0.3 is 18.9 Å². The molecule has 0 spiro atoms. The van der Waals surface area contributed by atoms with E-state index in [2.05, 4.69) is 27.7 Å². The lowest BCUT2D eigenvalue weighted by Crippen LogP contribution is -2.43. The third kappa shape index (κ3) is 4.74. The molecule has 0 radical (unpaired) electrons. The molecule has 10 heteroatoms. The lowest BCUT2D eigenvalue weighted by Gasteiger charge is -2.28.